The van der Waals surface area contributed by atoms with Crippen LogP contribution in [0, 0.1) is 0 Å². The first-order valence-corrected chi connectivity index (χ1v) is 7.26. The van der Waals surface area contributed by atoms with E-state index < -0.39 is 23.8 Å². The van der Waals surface area contributed by atoms with Gasteiger partial charge >= 0.3 is 18.1 Å². The smallest absolute Gasteiger partial charge is 0.435 e. The number of aryl methyl sites for hydroxylation is 1. The van der Waals surface area contributed by atoms with Crippen LogP contribution in [0.2, 0.25) is 0 Å². The summed E-state index contributed by atoms with van der Waals surface area (Å²) >= 11 is 0. The fourth-order valence-electron chi connectivity index (χ4n) is 2.82. The Bertz CT molecular complexity index is 871. The molecule has 25 heavy (non-hydrogen) atoms. The molecule has 0 bridgehead atoms. The van der Waals surface area contributed by atoms with Crippen molar-refractivity contribution in [2.45, 2.75) is 12.6 Å². The molecule has 0 atom stereocenters. The van der Waals surface area contributed by atoms with Crippen LogP contribution in [-0.2, 0) is 29.1 Å². The van der Waals surface area contributed by atoms with Gasteiger partial charge in [-0.25, -0.2) is 9.59 Å². The summed E-state index contributed by atoms with van der Waals surface area (Å²) in [6.45, 7) is 0.0536. The minimum absolute atomic E-state index is 0.0351. The van der Waals surface area contributed by atoms with Gasteiger partial charge in [-0.2, -0.15) is 18.3 Å². The first-order chi connectivity index (χ1) is 11.7. The van der Waals surface area contributed by atoms with Crippen LogP contribution in [0.4, 0.5) is 13.2 Å². The van der Waals surface area contributed by atoms with Gasteiger partial charge in [0.15, 0.2) is 5.69 Å². The first-order valence-electron chi connectivity index (χ1n) is 7.26. The number of rotatable bonds is 2. The van der Waals surface area contributed by atoms with Crippen molar-refractivity contribution in [2.75, 3.05) is 13.7 Å². The number of alkyl halides is 3. The Kier molecular flexibility index (Phi) is 4.02. The largest absolute Gasteiger partial charge is 0.465 e. The van der Waals surface area contributed by atoms with Crippen molar-refractivity contribution in [3.05, 3.63) is 40.7 Å². The topological polar surface area (TPSA) is 70.4 Å². The van der Waals surface area contributed by atoms with E-state index in [0.29, 0.717) is 5.56 Å². The number of esters is 2. The third kappa shape index (κ3) is 2.97. The van der Waals surface area contributed by atoms with Crippen LogP contribution in [0.25, 0.3) is 11.1 Å². The molecule has 0 aliphatic carbocycles. The molecule has 2 aromatic rings. The van der Waals surface area contributed by atoms with Gasteiger partial charge in [-0.3, -0.25) is 4.68 Å². The Morgan fingerprint density at radius 2 is 1.96 bits per heavy atom. The van der Waals surface area contributed by atoms with Crippen LogP contribution in [0.3, 0.4) is 0 Å². The van der Waals surface area contributed by atoms with Gasteiger partial charge < -0.3 is 9.47 Å². The molecule has 1 aromatic carbocycles. The molecule has 0 amide bonds. The van der Waals surface area contributed by atoms with Crippen molar-refractivity contribution >= 4 is 11.9 Å². The SMILES string of the molecule is COC(=O)c1cc2c(c(-c3cn(C)nc3C(F)(F)F)c1)CCOC2=O. The number of cyclic esters (lactones) is 1. The molecule has 0 fully saturated rings. The highest BCUT2D eigenvalue weighted by Gasteiger charge is 2.38. The molecule has 9 heteroatoms. The molecular weight excluding hydrogens is 341 g/mol. The molecule has 0 N–H and O–H groups in total. The number of fused-ring (bicyclic) bond motifs is 1. The van der Waals surface area contributed by atoms with Crippen LogP contribution in [-0.4, -0.2) is 35.4 Å². The number of nitrogens with zero attached hydrogens (tertiary/aromatic N) is 2. The lowest BCUT2D eigenvalue weighted by molar-refractivity contribution is -0.140. The summed E-state index contributed by atoms with van der Waals surface area (Å²) in [5.41, 5.74) is -0.754. The summed E-state index contributed by atoms with van der Waals surface area (Å²) in [4.78, 5) is 23.9. The lowest BCUT2D eigenvalue weighted by atomic mass is 9.90. The molecule has 0 saturated heterocycles. The number of hydrogen-bond donors (Lipinski definition) is 0. The summed E-state index contributed by atoms with van der Waals surface area (Å²) in [5, 5.41) is 3.48. The van der Waals surface area contributed by atoms with E-state index in [1.807, 2.05) is 0 Å². The minimum atomic E-state index is -4.68. The summed E-state index contributed by atoms with van der Waals surface area (Å²) < 4.78 is 50.6. The number of halogens is 3. The second-order valence-electron chi connectivity index (χ2n) is 5.49. The Labute approximate surface area is 140 Å². The average Bonchev–Trinajstić information content (AvgIpc) is 2.96. The van der Waals surface area contributed by atoms with Gasteiger partial charge in [0.05, 0.1) is 24.8 Å². The number of carbonyl (C=O) groups excluding carboxylic acids is 2. The van der Waals surface area contributed by atoms with Crippen molar-refractivity contribution < 1.29 is 32.2 Å². The van der Waals surface area contributed by atoms with E-state index >= 15 is 0 Å². The van der Waals surface area contributed by atoms with Crippen molar-refractivity contribution in [3.63, 3.8) is 0 Å². The van der Waals surface area contributed by atoms with E-state index in [9.17, 15) is 22.8 Å². The highest BCUT2D eigenvalue weighted by Crippen LogP contribution is 2.39. The Morgan fingerprint density at radius 3 is 2.60 bits per heavy atom. The number of aromatic nitrogens is 2. The molecule has 1 aliphatic heterocycles. The molecule has 2 heterocycles. The van der Waals surface area contributed by atoms with Gasteiger partial charge in [0.25, 0.3) is 0 Å². The Balaban J connectivity index is 2.31. The predicted octanol–water partition coefficient (Wildman–Crippen LogP) is 2.61. The van der Waals surface area contributed by atoms with E-state index in [1.54, 1.807) is 0 Å². The van der Waals surface area contributed by atoms with Crippen LogP contribution in [0.15, 0.2) is 18.3 Å². The molecule has 0 saturated carbocycles. The zero-order valence-electron chi connectivity index (χ0n) is 13.3. The van der Waals surface area contributed by atoms with E-state index in [0.717, 1.165) is 11.8 Å². The van der Waals surface area contributed by atoms with Crippen molar-refractivity contribution in [1.82, 2.24) is 9.78 Å². The van der Waals surface area contributed by atoms with Gasteiger partial charge in [-0.1, -0.05) is 0 Å². The lowest BCUT2D eigenvalue weighted by Gasteiger charge is -2.20. The highest BCUT2D eigenvalue weighted by molar-refractivity contribution is 6.00. The number of hydrogen-bond acceptors (Lipinski definition) is 5. The highest BCUT2D eigenvalue weighted by atomic mass is 19.4. The molecule has 1 aromatic heterocycles. The lowest BCUT2D eigenvalue weighted by Crippen LogP contribution is -2.20. The number of benzene rings is 1. The number of ether oxygens (including phenoxy) is 2. The van der Waals surface area contributed by atoms with Crippen molar-refractivity contribution in [2.24, 2.45) is 7.05 Å². The molecule has 0 radical (unpaired) electrons. The molecular formula is C16H13F3N2O4. The third-order valence-electron chi connectivity index (χ3n) is 3.86. The predicted molar refractivity (Wildman–Crippen MR) is 79.0 cm³/mol. The molecule has 6 nitrogen and oxygen atoms in total. The second kappa shape index (κ2) is 5.91. The summed E-state index contributed by atoms with van der Waals surface area (Å²) in [6.07, 6.45) is -3.23. The van der Waals surface area contributed by atoms with Gasteiger partial charge in [0, 0.05) is 25.2 Å². The van der Waals surface area contributed by atoms with Crippen LogP contribution >= 0.6 is 0 Å². The molecule has 3 rings (SSSR count). The quantitative estimate of drug-likeness (QED) is 0.776. The second-order valence-corrected chi connectivity index (χ2v) is 5.49. The van der Waals surface area contributed by atoms with Crippen LogP contribution in [0.1, 0.15) is 32.0 Å². The fourth-order valence-corrected chi connectivity index (χ4v) is 2.82. The monoisotopic (exact) mass is 354 g/mol. The number of carbonyl (C=O) groups is 2. The van der Waals surface area contributed by atoms with E-state index in [2.05, 4.69) is 9.84 Å². The summed E-state index contributed by atoms with van der Waals surface area (Å²) in [6, 6.07) is 2.56. The van der Waals surface area contributed by atoms with Gasteiger partial charge in [-0.15, -0.1) is 0 Å². The molecule has 1 aliphatic rings. The van der Waals surface area contributed by atoms with Crippen LogP contribution < -0.4 is 0 Å². The van der Waals surface area contributed by atoms with E-state index in [-0.39, 0.29) is 35.3 Å². The maximum atomic E-state index is 13.3. The summed E-state index contributed by atoms with van der Waals surface area (Å²) in [7, 11) is 2.51. The van der Waals surface area contributed by atoms with Gasteiger partial charge in [-0.05, 0) is 23.3 Å². The minimum Gasteiger partial charge on any atom is -0.465 e. The zero-order valence-corrected chi connectivity index (χ0v) is 13.3. The van der Waals surface area contributed by atoms with Gasteiger partial charge in [0.1, 0.15) is 0 Å². The fraction of sp³-hybridized carbons (Fsp3) is 0.312. The van der Waals surface area contributed by atoms with Crippen molar-refractivity contribution in [1.29, 1.82) is 0 Å². The average molecular weight is 354 g/mol. The Hall–Kier alpha value is -2.84. The molecule has 0 unspecified atom stereocenters. The maximum Gasteiger partial charge on any atom is 0.435 e. The summed E-state index contributed by atoms with van der Waals surface area (Å²) in [5.74, 6) is -1.45. The number of methoxy groups -OCH3 is 1. The van der Waals surface area contributed by atoms with Crippen LogP contribution in [0.5, 0.6) is 0 Å². The Morgan fingerprint density at radius 1 is 1.28 bits per heavy atom. The molecule has 0 spiro atoms. The van der Waals surface area contributed by atoms with Crippen molar-refractivity contribution in [3.8, 4) is 11.1 Å². The van der Waals surface area contributed by atoms with Gasteiger partial charge in [0.2, 0.25) is 0 Å². The standard InChI is InChI=1S/C16H13F3N2O4/c1-21-7-12(13(20-21)16(17,18)19)10-5-8(14(22)24-2)6-11-9(10)3-4-25-15(11)23/h5-7H,3-4H2,1-2H3. The zero-order chi connectivity index (χ0) is 18.4. The third-order valence-corrected chi connectivity index (χ3v) is 3.86. The molecule has 132 valence electrons. The first kappa shape index (κ1) is 17.0. The normalized spacial score (nSPS) is 14.0. The van der Waals surface area contributed by atoms with E-state index in [4.69, 9.17) is 4.74 Å². The van der Waals surface area contributed by atoms with E-state index in [1.165, 1.54) is 25.4 Å². The maximum absolute atomic E-state index is 13.3.